The van der Waals surface area contributed by atoms with Crippen LogP contribution in [0, 0.1) is 0 Å². The lowest BCUT2D eigenvalue weighted by Crippen LogP contribution is -2.09. The van der Waals surface area contributed by atoms with Gasteiger partial charge in [0.15, 0.2) is 0 Å². The van der Waals surface area contributed by atoms with Crippen molar-refractivity contribution in [1.29, 1.82) is 0 Å². The fourth-order valence-corrected chi connectivity index (χ4v) is 1.78. The van der Waals surface area contributed by atoms with E-state index in [0.29, 0.717) is 6.54 Å². The molecule has 0 fully saturated rings. The summed E-state index contributed by atoms with van der Waals surface area (Å²) in [6, 6.07) is 2.01. The lowest BCUT2D eigenvalue weighted by atomic mass is 10.2. The lowest BCUT2D eigenvalue weighted by molar-refractivity contribution is 0.973. The first-order valence-corrected chi connectivity index (χ1v) is 5.06. The Morgan fingerprint density at radius 1 is 1.47 bits per heavy atom. The quantitative estimate of drug-likeness (QED) is 0.788. The van der Waals surface area contributed by atoms with Gasteiger partial charge in [-0.25, -0.2) is 0 Å². The molecule has 0 aromatic carbocycles. The summed E-state index contributed by atoms with van der Waals surface area (Å²) in [5, 5.41) is 0. The monoisotopic (exact) mass is 204 g/mol. The van der Waals surface area contributed by atoms with Gasteiger partial charge in [0.25, 0.3) is 0 Å². The highest BCUT2D eigenvalue weighted by molar-refractivity contribution is 5.90. The Bertz CT molecular complexity index is 459. The Kier molecular flexibility index (Phi) is 2.60. The van der Waals surface area contributed by atoms with Gasteiger partial charge in [0.05, 0.1) is 16.7 Å². The van der Waals surface area contributed by atoms with Crippen molar-refractivity contribution in [2.45, 2.75) is 6.42 Å². The van der Waals surface area contributed by atoms with Crippen molar-refractivity contribution >= 4 is 16.7 Å². The third kappa shape index (κ3) is 1.68. The van der Waals surface area contributed by atoms with E-state index in [1.165, 1.54) is 5.56 Å². The molecule has 0 atom stereocenters. The van der Waals surface area contributed by atoms with E-state index in [1.807, 2.05) is 32.6 Å². The number of nitrogens with one attached hydrogen (secondary N) is 1. The minimum atomic E-state index is 0.654. The van der Waals surface area contributed by atoms with Crippen LogP contribution in [0.15, 0.2) is 18.5 Å². The average molecular weight is 204 g/mol. The Hall–Kier alpha value is -1.55. The van der Waals surface area contributed by atoms with E-state index in [9.17, 15) is 0 Å². The summed E-state index contributed by atoms with van der Waals surface area (Å²) in [5.74, 6) is 0. The second-order valence-electron chi connectivity index (χ2n) is 3.80. The van der Waals surface area contributed by atoms with Crippen molar-refractivity contribution in [3.63, 3.8) is 0 Å². The third-order valence-electron chi connectivity index (χ3n) is 2.52. The average Bonchev–Trinajstić information content (AvgIpc) is 2.62. The first-order valence-electron chi connectivity index (χ1n) is 5.06. The van der Waals surface area contributed by atoms with E-state index in [0.717, 1.165) is 23.1 Å². The molecule has 0 aliphatic rings. The van der Waals surface area contributed by atoms with Crippen LogP contribution in [0.5, 0.6) is 0 Å². The van der Waals surface area contributed by atoms with Crippen LogP contribution in [0.25, 0.3) is 11.0 Å². The van der Waals surface area contributed by atoms with Crippen molar-refractivity contribution in [2.75, 3.05) is 25.5 Å². The smallest absolute Gasteiger partial charge is 0.0932 e. The summed E-state index contributed by atoms with van der Waals surface area (Å²) in [6.45, 7) is 0.654. The van der Waals surface area contributed by atoms with Crippen LogP contribution in [0.4, 0.5) is 5.69 Å². The Morgan fingerprint density at radius 2 is 2.27 bits per heavy atom. The Balaban J connectivity index is 2.58. The third-order valence-corrected chi connectivity index (χ3v) is 2.52. The van der Waals surface area contributed by atoms with Crippen LogP contribution in [0.3, 0.4) is 0 Å². The van der Waals surface area contributed by atoms with Gasteiger partial charge in [0.1, 0.15) is 0 Å². The van der Waals surface area contributed by atoms with Crippen molar-refractivity contribution in [2.24, 2.45) is 5.73 Å². The number of pyridine rings is 1. The number of H-pyrrole nitrogens is 1. The first kappa shape index (κ1) is 9.98. The van der Waals surface area contributed by atoms with Crippen molar-refractivity contribution in [3.05, 3.63) is 24.0 Å². The number of nitrogens with two attached hydrogens (primary N) is 1. The fourth-order valence-electron chi connectivity index (χ4n) is 1.78. The molecule has 0 amide bonds. The fraction of sp³-hybridized carbons (Fsp3) is 0.364. The topological polar surface area (TPSA) is 57.9 Å². The SMILES string of the molecule is CN(C)c1ccnc2c(CCN)c[nH]c12. The van der Waals surface area contributed by atoms with Gasteiger partial charge in [-0.2, -0.15) is 0 Å². The van der Waals surface area contributed by atoms with Crippen LogP contribution < -0.4 is 10.6 Å². The first-order chi connectivity index (χ1) is 7.24. The molecular formula is C11H16N4. The van der Waals surface area contributed by atoms with Crippen LogP contribution in [0.2, 0.25) is 0 Å². The molecule has 2 aromatic rings. The molecule has 2 aromatic heterocycles. The van der Waals surface area contributed by atoms with Gasteiger partial charge in [0.2, 0.25) is 0 Å². The number of hydrogen-bond acceptors (Lipinski definition) is 3. The molecule has 4 heteroatoms. The molecule has 80 valence electrons. The number of anilines is 1. The van der Waals surface area contributed by atoms with Crippen LogP contribution in [-0.4, -0.2) is 30.6 Å². The number of aromatic nitrogens is 2. The molecule has 0 saturated carbocycles. The van der Waals surface area contributed by atoms with Crippen LogP contribution in [0.1, 0.15) is 5.56 Å². The molecule has 0 saturated heterocycles. The Labute approximate surface area is 89.1 Å². The molecule has 0 radical (unpaired) electrons. The highest BCUT2D eigenvalue weighted by Crippen LogP contribution is 2.24. The van der Waals surface area contributed by atoms with E-state index in [-0.39, 0.29) is 0 Å². The van der Waals surface area contributed by atoms with Gasteiger partial charge in [-0.15, -0.1) is 0 Å². The van der Waals surface area contributed by atoms with E-state index in [4.69, 9.17) is 5.73 Å². The molecule has 0 bridgehead atoms. The maximum atomic E-state index is 5.56. The lowest BCUT2D eigenvalue weighted by Gasteiger charge is -2.12. The predicted molar refractivity (Wildman–Crippen MR) is 63.2 cm³/mol. The number of aromatic amines is 1. The minimum absolute atomic E-state index is 0.654. The summed E-state index contributed by atoms with van der Waals surface area (Å²) in [4.78, 5) is 9.73. The second kappa shape index (κ2) is 3.90. The van der Waals surface area contributed by atoms with E-state index in [1.54, 1.807) is 0 Å². The zero-order valence-corrected chi connectivity index (χ0v) is 9.12. The molecule has 2 rings (SSSR count). The molecule has 0 aliphatic heterocycles. The van der Waals surface area contributed by atoms with Gasteiger partial charge < -0.3 is 15.6 Å². The van der Waals surface area contributed by atoms with Crippen LogP contribution >= 0.6 is 0 Å². The normalized spacial score (nSPS) is 10.9. The van der Waals surface area contributed by atoms with Crippen molar-refractivity contribution in [3.8, 4) is 0 Å². The molecule has 4 nitrogen and oxygen atoms in total. The van der Waals surface area contributed by atoms with Gasteiger partial charge in [-0.1, -0.05) is 0 Å². The standard InChI is InChI=1S/C11H16N4/c1-15(2)9-4-6-13-10-8(3-5-12)7-14-11(9)10/h4,6-7,14H,3,5,12H2,1-2H3. The maximum Gasteiger partial charge on any atom is 0.0932 e. The van der Waals surface area contributed by atoms with Crippen LogP contribution in [-0.2, 0) is 6.42 Å². The highest BCUT2D eigenvalue weighted by Gasteiger charge is 2.08. The van der Waals surface area contributed by atoms with E-state index >= 15 is 0 Å². The number of rotatable bonds is 3. The molecule has 0 unspecified atom stereocenters. The van der Waals surface area contributed by atoms with Gasteiger partial charge in [-0.3, -0.25) is 4.98 Å². The van der Waals surface area contributed by atoms with Gasteiger partial charge in [0, 0.05) is 26.5 Å². The zero-order chi connectivity index (χ0) is 10.8. The van der Waals surface area contributed by atoms with E-state index in [2.05, 4.69) is 14.9 Å². The Morgan fingerprint density at radius 3 is 2.93 bits per heavy atom. The van der Waals surface area contributed by atoms with Crippen molar-refractivity contribution in [1.82, 2.24) is 9.97 Å². The van der Waals surface area contributed by atoms with Gasteiger partial charge >= 0.3 is 0 Å². The number of hydrogen-bond donors (Lipinski definition) is 2. The van der Waals surface area contributed by atoms with Gasteiger partial charge in [-0.05, 0) is 24.6 Å². The second-order valence-corrected chi connectivity index (χ2v) is 3.80. The van der Waals surface area contributed by atoms with E-state index < -0.39 is 0 Å². The summed E-state index contributed by atoms with van der Waals surface area (Å²) in [5.41, 5.74) is 10.0. The molecular weight excluding hydrogens is 188 g/mol. The highest BCUT2D eigenvalue weighted by atomic mass is 15.1. The predicted octanol–water partition coefficient (Wildman–Crippen LogP) is 1.13. The summed E-state index contributed by atoms with van der Waals surface area (Å²) in [6.07, 6.45) is 4.70. The largest absolute Gasteiger partial charge is 0.376 e. The summed E-state index contributed by atoms with van der Waals surface area (Å²) in [7, 11) is 4.05. The maximum absolute atomic E-state index is 5.56. The summed E-state index contributed by atoms with van der Waals surface area (Å²) >= 11 is 0. The zero-order valence-electron chi connectivity index (χ0n) is 9.12. The number of fused-ring (bicyclic) bond motifs is 1. The molecule has 0 spiro atoms. The molecule has 2 heterocycles. The molecule has 0 aliphatic carbocycles. The molecule has 3 N–H and O–H groups in total. The number of nitrogens with zero attached hydrogens (tertiary/aromatic N) is 2. The minimum Gasteiger partial charge on any atom is -0.376 e. The summed E-state index contributed by atoms with van der Waals surface area (Å²) < 4.78 is 0. The molecule has 15 heavy (non-hydrogen) atoms. The van der Waals surface area contributed by atoms with Crippen molar-refractivity contribution < 1.29 is 0 Å².